The predicted octanol–water partition coefficient (Wildman–Crippen LogP) is 2.83. The van der Waals surface area contributed by atoms with Crippen LogP contribution in [-0.4, -0.2) is 36.4 Å². The summed E-state index contributed by atoms with van der Waals surface area (Å²) in [5.41, 5.74) is 1.12. The zero-order valence-electron chi connectivity index (χ0n) is 11.8. The van der Waals surface area contributed by atoms with E-state index in [9.17, 15) is 0 Å². The van der Waals surface area contributed by atoms with E-state index in [1.54, 1.807) is 0 Å². The van der Waals surface area contributed by atoms with Crippen molar-refractivity contribution < 1.29 is 9.47 Å². The van der Waals surface area contributed by atoms with Crippen LogP contribution in [0.15, 0.2) is 22.8 Å². The Morgan fingerprint density at radius 1 is 1.40 bits per heavy atom. The Morgan fingerprint density at radius 3 is 2.95 bits per heavy atom. The second-order valence-corrected chi connectivity index (χ2v) is 6.59. The molecule has 2 saturated heterocycles. The van der Waals surface area contributed by atoms with Crippen LogP contribution in [0.1, 0.15) is 37.9 Å². The van der Waals surface area contributed by atoms with Gasteiger partial charge in [0, 0.05) is 25.3 Å². The van der Waals surface area contributed by atoms with Gasteiger partial charge in [0.2, 0.25) is 0 Å². The quantitative estimate of drug-likeness (QED) is 0.859. The van der Waals surface area contributed by atoms with E-state index >= 15 is 0 Å². The van der Waals surface area contributed by atoms with Crippen molar-refractivity contribution in [2.75, 3.05) is 19.8 Å². The molecule has 0 amide bonds. The van der Waals surface area contributed by atoms with Gasteiger partial charge in [-0.05, 0) is 54.2 Å². The first-order valence-corrected chi connectivity index (χ1v) is 8.06. The van der Waals surface area contributed by atoms with Crippen molar-refractivity contribution in [2.24, 2.45) is 0 Å². The van der Waals surface area contributed by atoms with Gasteiger partial charge in [-0.15, -0.1) is 0 Å². The number of pyridine rings is 1. The minimum Gasteiger partial charge on any atom is -0.381 e. The molecule has 20 heavy (non-hydrogen) atoms. The van der Waals surface area contributed by atoms with Gasteiger partial charge in [0.1, 0.15) is 4.60 Å². The SMILES string of the molecule is CC(NC1COC2(CCOCC2)C1)c1cccc(Br)n1. The molecule has 1 aromatic rings. The molecule has 2 atom stereocenters. The van der Waals surface area contributed by atoms with Crippen molar-refractivity contribution in [2.45, 2.75) is 43.9 Å². The van der Waals surface area contributed by atoms with Gasteiger partial charge in [-0.1, -0.05) is 6.07 Å². The van der Waals surface area contributed by atoms with Crippen LogP contribution >= 0.6 is 15.9 Å². The van der Waals surface area contributed by atoms with Gasteiger partial charge in [0.25, 0.3) is 0 Å². The molecule has 4 nitrogen and oxygen atoms in total. The lowest BCUT2D eigenvalue weighted by atomic mass is 9.89. The van der Waals surface area contributed by atoms with Crippen LogP contribution in [0.3, 0.4) is 0 Å². The molecule has 3 heterocycles. The third kappa shape index (κ3) is 3.22. The highest BCUT2D eigenvalue weighted by molar-refractivity contribution is 9.10. The second kappa shape index (κ2) is 6.10. The predicted molar refractivity (Wildman–Crippen MR) is 80.6 cm³/mol. The van der Waals surface area contributed by atoms with Crippen LogP contribution < -0.4 is 5.32 Å². The van der Waals surface area contributed by atoms with E-state index in [4.69, 9.17) is 9.47 Å². The third-order valence-corrected chi connectivity index (χ3v) is 4.72. The molecular weight excluding hydrogens is 320 g/mol. The van der Waals surface area contributed by atoms with E-state index < -0.39 is 0 Å². The van der Waals surface area contributed by atoms with Crippen molar-refractivity contribution >= 4 is 15.9 Å². The van der Waals surface area contributed by atoms with E-state index in [-0.39, 0.29) is 11.6 Å². The molecule has 1 aromatic heterocycles. The monoisotopic (exact) mass is 340 g/mol. The van der Waals surface area contributed by atoms with Crippen molar-refractivity contribution in [3.63, 3.8) is 0 Å². The van der Waals surface area contributed by atoms with E-state index in [0.717, 1.165) is 49.4 Å². The molecule has 0 aliphatic carbocycles. The number of hydrogen-bond acceptors (Lipinski definition) is 4. The summed E-state index contributed by atoms with van der Waals surface area (Å²) in [7, 11) is 0. The number of aromatic nitrogens is 1. The van der Waals surface area contributed by atoms with Crippen molar-refractivity contribution in [3.8, 4) is 0 Å². The molecule has 2 unspecified atom stereocenters. The van der Waals surface area contributed by atoms with Crippen molar-refractivity contribution in [1.29, 1.82) is 0 Å². The first-order chi connectivity index (χ1) is 9.67. The number of ether oxygens (including phenoxy) is 2. The molecule has 1 spiro atoms. The maximum absolute atomic E-state index is 6.08. The average Bonchev–Trinajstić information content (AvgIpc) is 2.82. The molecule has 3 rings (SSSR count). The first kappa shape index (κ1) is 14.4. The van der Waals surface area contributed by atoms with E-state index in [2.05, 4.69) is 39.2 Å². The highest BCUT2D eigenvalue weighted by Crippen LogP contribution is 2.35. The van der Waals surface area contributed by atoms with Gasteiger partial charge in [-0.2, -0.15) is 0 Å². The average molecular weight is 341 g/mol. The summed E-state index contributed by atoms with van der Waals surface area (Å²) in [5.74, 6) is 0. The molecule has 2 fully saturated rings. The number of hydrogen-bond donors (Lipinski definition) is 1. The normalized spacial score (nSPS) is 26.8. The fourth-order valence-corrected chi connectivity index (χ4v) is 3.50. The Bertz CT molecular complexity index is 463. The van der Waals surface area contributed by atoms with Crippen LogP contribution in [0.25, 0.3) is 0 Å². The molecule has 2 aliphatic heterocycles. The zero-order valence-corrected chi connectivity index (χ0v) is 13.4. The fourth-order valence-electron chi connectivity index (χ4n) is 3.15. The summed E-state index contributed by atoms with van der Waals surface area (Å²) in [6.07, 6.45) is 3.12. The van der Waals surface area contributed by atoms with Crippen LogP contribution in [0, 0.1) is 0 Å². The number of rotatable bonds is 3. The Balaban J connectivity index is 1.59. The Hall–Kier alpha value is -0.490. The fraction of sp³-hybridized carbons (Fsp3) is 0.667. The van der Waals surface area contributed by atoms with Gasteiger partial charge in [-0.3, -0.25) is 0 Å². The standard InChI is InChI=1S/C15H21BrN2O2/c1-11(13-3-2-4-14(16)18-13)17-12-9-15(20-10-12)5-7-19-8-6-15/h2-4,11-12,17H,5-10H2,1H3. The molecule has 2 aliphatic rings. The Morgan fingerprint density at radius 2 is 2.20 bits per heavy atom. The summed E-state index contributed by atoms with van der Waals surface area (Å²) in [6, 6.07) is 6.67. The summed E-state index contributed by atoms with van der Waals surface area (Å²) >= 11 is 3.42. The molecule has 0 saturated carbocycles. The maximum Gasteiger partial charge on any atom is 0.106 e. The molecular formula is C15H21BrN2O2. The smallest absolute Gasteiger partial charge is 0.106 e. The molecule has 1 N–H and O–H groups in total. The van der Waals surface area contributed by atoms with Crippen molar-refractivity contribution in [1.82, 2.24) is 10.3 Å². The largest absolute Gasteiger partial charge is 0.381 e. The van der Waals surface area contributed by atoms with Crippen LogP contribution in [0.2, 0.25) is 0 Å². The van der Waals surface area contributed by atoms with Gasteiger partial charge in [0.15, 0.2) is 0 Å². The lowest BCUT2D eigenvalue weighted by Gasteiger charge is -2.32. The van der Waals surface area contributed by atoms with E-state index in [0.29, 0.717) is 6.04 Å². The van der Waals surface area contributed by atoms with E-state index in [1.165, 1.54) is 0 Å². The molecule has 5 heteroatoms. The van der Waals surface area contributed by atoms with Gasteiger partial charge in [-0.25, -0.2) is 4.98 Å². The third-order valence-electron chi connectivity index (χ3n) is 4.28. The summed E-state index contributed by atoms with van der Waals surface area (Å²) < 4.78 is 12.4. The van der Waals surface area contributed by atoms with Crippen LogP contribution in [0.4, 0.5) is 0 Å². The Labute approximate surface area is 128 Å². The zero-order chi connectivity index (χ0) is 14.0. The summed E-state index contributed by atoms with van der Waals surface area (Å²) in [6.45, 7) is 4.60. The second-order valence-electron chi connectivity index (χ2n) is 5.78. The number of nitrogens with zero attached hydrogens (tertiary/aromatic N) is 1. The van der Waals surface area contributed by atoms with Gasteiger partial charge in [0.05, 0.1) is 17.9 Å². The molecule has 0 bridgehead atoms. The number of nitrogens with one attached hydrogen (secondary N) is 1. The van der Waals surface area contributed by atoms with Crippen molar-refractivity contribution in [3.05, 3.63) is 28.5 Å². The molecule has 0 radical (unpaired) electrons. The van der Waals surface area contributed by atoms with E-state index in [1.807, 2.05) is 12.1 Å². The summed E-state index contributed by atoms with van der Waals surface area (Å²) in [4.78, 5) is 4.51. The minimum atomic E-state index is 0.0559. The first-order valence-electron chi connectivity index (χ1n) is 7.27. The minimum absolute atomic E-state index is 0.0559. The van der Waals surface area contributed by atoms with Crippen LogP contribution in [0.5, 0.6) is 0 Å². The number of halogens is 1. The topological polar surface area (TPSA) is 43.4 Å². The molecule has 0 aromatic carbocycles. The van der Waals surface area contributed by atoms with Gasteiger partial charge < -0.3 is 14.8 Å². The lowest BCUT2D eigenvalue weighted by Crippen LogP contribution is -2.38. The highest BCUT2D eigenvalue weighted by atomic mass is 79.9. The lowest BCUT2D eigenvalue weighted by molar-refractivity contribution is -0.0777. The summed E-state index contributed by atoms with van der Waals surface area (Å²) in [5, 5.41) is 3.64. The molecule has 110 valence electrons. The van der Waals surface area contributed by atoms with Crippen LogP contribution in [-0.2, 0) is 9.47 Å². The highest BCUT2D eigenvalue weighted by Gasteiger charge is 2.41. The Kier molecular flexibility index (Phi) is 4.40. The van der Waals surface area contributed by atoms with Gasteiger partial charge >= 0.3 is 0 Å². The maximum atomic E-state index is 6.08.